The number of amides is 1. The lowest BCUT2D eigenvalue weighted by Gasteiger charge is -2.17. The largest absolute Gasteiger partial charge is 0.496 e. The van der Waals surface area contributed by atoms with E-state index in [0.29, 0.717) is 18.0 Å². The molecule has 0 radical (unpaired) electrons. The van der Waals surface area contributed by atoms with Gasteiger partial charge >= 0.3 is 0 Å². The van der Waals surface area contributed by atoms with Crippen LogP contribution in [0.4, 0.5) is 0 Å². The molecule has 0 aliphatic heterocycles. The lowest BCUT2D eigenvalue weighted by molar-refractivity contribution is 0.0913. The molecule has 1 N–H and O–H groups in total. The quantitative estimate of drug-likeness (QED) is 0.670. The third kappa shape index (κ3) is 3.77. The van der Waals surface area contributed by atoms with Crippen molar-refractivity contribution in [2.75, 3.05) is 13.7 Å². The summed E-state index contributed by atoms with van der Waals surface area (Å²) in [4.78, 5) is 12.8. The highest BCUT2D eigenvalue weighted by molar-refractivity contribution is 5.99. The lowest BCUT2D eigenvalue weighted by atomic mass is 10.0. The maximum Gasteiger partial charge on any atom is 0.287 e. The van der Waals surface area contributed by atoms with Crippen LogP contribution in [0.2, 0.25) is 0 Å². The van der Waals surface area contributed by atoms with Crippen molar-refractivity contribution >= 4 is 16.9 Å². The van der Waals surface area contributed by atoms with Gasteiger partial charge in [0.15, 0.2) is 5.76 Å². The van der Waals surface area contributed by atoms with E-state index in [4.69, 9.17) is 13.9 Å². The van der Waals surface area contributed by atoms with Gasteiger partial charge in [0.25, 0.3) is 5.91 Å². The van der Waals surface area contributed by atoms with Crippen LogP contribution in [0.15, 0.2) is 40.8 Å². The maximum atomic E-state index is 12.8. The number of carbonyl (C=O) groups excluding carboxylic acids is 1. The van der Waals surface area contributed by atoms with Crippen LogP contribution in [0.5, 0.6) is 11.5 Å². The van der Waals surface area contributed by atoms with Crippen LogP contribution in [0.1, 0.15) is 47.1 Å². The molecule has 3 rings (SSSR count). The molecule has 0 aliphatic rings. The number of rotatable bonds is 6. The van der Waals surface area contributed by atoms with E-state index in [0.717, 1.165) is 33.6 Å². The molecule has 0 fully saturated rings. The van der Waals surface area contributed by atoms with E-state index in [1.807, 2.05) is 64.1 Å². The first-order valence-electron chi connectivity index (χ1n) is 9.06. The summed E-state index contributed by atoms with van der Waals surface area (Å²) < 4.78 is 16.8. The van der Waals surface area contributed by atoms with Crippen LogP contribution in [-0.4, -0.2) is 19.6 Å². The topological polar surface area (TPSA) is 60.7 Å². The predicted molar refractivity (Wildman–Crippen MR) is 106 cm³/mol. The highest BCUT2D eigenvalue weighted by Gasteiger charge is 2.21. The van der Waals surface area contributed by atoms with Crippen LogP contribution in [-0.2, 0) is 0 Å². The summed E-state index contributed by atoms with van der Waals surface area (Å²) in [5, 5.41) is 3.89. The summed E-state index contributed by atoms with van der Waals surface area (Å²) in [7, 11) is 1.63. The molecule has 3 aromatic rings. The summed E-state index contributed by atoms with van der Waals surface area (Å²) in [5.41, 5.74) is 3.50. The summed E-state index contributed by atoms with van der Waals surface area (Å²) in [6.07, 6.45) is 0. The molecule has 0 bridgehead atoms. The Morgan fingerprint density at radius 2 is 1.96 bits per heavy atom. The molecule has 0 spiro atoms. The Hall–Kier alpha value is -2.95. The fourth-order valence-corrected chi connectivity index (χ4v) is 3.21. The number of hydrogen-bond acceptors (Lipinski definition) is 4. The van der Waals surface area contributed by atoms with E-state index in [1.54, 1.807) is 7.11 Å². The fraction of sp³-hybridized carbons (Fsp3) is 0.318. The normalized spacial score (nSPS) is 12.0. The van der Waals surface area contributed by atoms with Gasteiger partial charge in [-0.15, -0.1) is 0 Å². The fourth-order valence-electron chi connectivity index (χ4n) is 3.21. The second-order valence-electron chi connectivity index (χ2n) is 6.59. The van der Waals surface area contributed by atoms with Crippen molar-refractivity contribution in [3.63, 3.8) is 0 Å². The number of hydrogen-bond donors (Lipinski definition) is 1. The summed E-state index contributed by atoms with van der Waals surface area (Å²) in [5.74, 6) is 1.57. The van der Waals surface area contributed by atoms with Gasteiger partial charge in [0.1, 0.15) is 17.1 Å². The predicted octanol–water partition coefficient (Wildman–Crippen LogP) is 4.95. The van der Waals surface area contributed by atoms with Crippen molar-refractivity contribution in [2.24, 2.45) is 0 Å². The number of benzene rings is 2. The van der Waals surface area contributed by atoms with Crippen LogP contribution < -0.4 is 14.8 Å². The van der Waals surface area contributed by atoms with E-state index in [2.05, 4.69) is 5.32 Å². The average molecular weight is 367 g/mol. The van der Waals surface area contributed by atoms with Crippen molar-refractivity contribution in [2.45, 2.75) is 33.7 Å². The molecule has 0 aliphatic carbocycles. The van der Waals surface area contributed by atoms with Gasteiger partial charge in [-0.3, -0.25) is 4.79 Å². The first kappa shape index (κ1) is 18.8. The average Bonchev–Trinajstić information content (AvgIpc) is 2.98. The second kappa shape index (κ2) is 7.74. The van der Waals surface area contributed by atoms with Crippen LogP contribution in [0.25, 0.3) is 11.0 Å². The number of furan rings is 1. The highest BCUT2D eigenvalue weighted by Crippen LogP contribution is 2.30. The number of aryl methyl sites for hydroxylation is 2. The van der Waals surface area contributed by atoms with Crippen LogP contribution >= 0.6 is 0 Å². The minimum absolute atomic E-state index is 0.223. The third-order valence-corrected chi connectivity index (χ3v) is 4.62. The van der Waals surface area contributed by atoms with Gasteiger partial charge in [0.05, 0.1) is 19.8 Å². The first-order chi connectivity index (χ1) is 12.9. The van der Waals surface area contributed by atoms with Crippen molar-refractivity contribution in [1.29, 1.82) is 0 Å². The molecule has 0 saturated heterocycles. The van der Waals surface area contributed by atoms with E-state index in [1.165, 1.54) is 0 Å². The number of ether oxygens (including phenoxy) is 2. The Bertz CT molecular complexity index is 974. The second-order valence-corrected chi connectivity index (χ2v) is 6.59. The third-order valence-electron chi connectivity index (χ3n) is 4.62. The van der Waals surface area contributed by atoms with E-state index < -0.39 is 0 Å². The Morgan fingerprint density at radius 3 is 2.67 bits per heavy atom. The molecule has 1 unspecified atom stereocenters. The minimum atomic E-state index is -0.252. The molecular formula is C22H25NO4. The molecule has 5 nitrogen and oxygen atoms in total. The van der Waals surface area contributed by atoms with E-state index in [-0.39, 0.29) is 11.9 Å². The SMILES string of the molecule is CCOc1ccc2oc(C(=O)NC(C)c3cc(C)ccc3OC)c(C)c2c1. The molecule has 1 aromatic heterocycles. The van der Waals surface area contributed by atoms with Gasteiger partial charge in [-0.2, -0.15) is 0 Å². The van der Waals surface area contributed by atoms with Gasteiger partial charge in [-0.25, -0.2) is 0 Å². The molecule has 27 heavy (non-hydrogen) atoms. The number of fused-ring (bicyclic) bond motifs is 1. The molecule has 1 heterocycles. The van der Waals surface area contributed by atoms with Crippen molar-refractivity contribution < 1.29 is 18.7 Å². The van der Waals surface area contributed by atoms with Crippen molar-refractivity contribution in [3.05, 3.63) is 58.8 Å². The van der Waals surface area contributed by atoms with Gasteiger partial charge in [0.2, 0.25) is 0 Å². The highest BCUT2D eigenvalue weighted by atomic mass is 16.5. The molecule has 2 aromatic carbocycles. The Labute approximate surface area is 159 Å². The van der Waals surface area contributed by atoms with Gasteiger partial charge in [-0.05, 0) is 52.0 Å². The minimum Gasteiger partial charge on any atom is -0.496 e. The standard InChI is InChI=1S/C22H25NO4/c1-6-26-16-8-10-20-17(12-16)14(3)21(27-20)22(24)23-15(4)18-11-13(2)7-9-19(18)25-5/h7-12,15H,6H2,1-5H3,(H,23,24). The number of nitrogens with one attached hydrogen (secondary N) is 1. The molecule has 5 heteroatoms. The lowest BCUT2D eigenvalue weighted by Crippen LogP contribution is -2.27. The molecule has 1 atom stereocenters. The van der Waals surface area contributed by atoms with Crippen molar-refractivity contribution in [3.8, 4) is 11.5 Å². The first-order valence-corrected chi connectivity index (χ1v) is 9.06. The Morgan fingerprint density at radius 1 is 1.19 bits per heavy atom. The van der Waals surface area contributed by atoms with Gasteiger partial charge in [0, 0.05) is 16.5 Å². The zero-order valence-corrected chi connectivity index (χ0v) is 16.4. The van der Waals surface area contributed by atoms with E-state index in [9.17, 15) is 4.79 Å². The van der Waals surface area contributed by atoms with Gasteiger partial charge < -0.3 is 19.2 Å². The maximum absolute atomic E-state index is 12.8. The van der Waals surface area contributed by atoms with Gasteiger partial charge in [-0.1, -0.05) is 17.7 Å². The Balaban J connectivity index is 1.88. The molecule has 1 amide bonds. The summed E-state index contributed by atoms with van der Waals surface area (Å²) >= 11 is 0. The zero-order valence-electron chi connectivity index (χ0n) is 16.4. The number of methoxy groups -OCH3 is 1. The van der Waals surface area contributed by atoms with Crippen LogP contribution in [0, 0.1) is 13.8 Å². The smallest absolute Gasteiger partial charge is 0.287 e. The molecule has 142 valence electrons. The molecule has 0 saturated carbocycles. The van der Waals surface area contributed by atoms with Crippen molar-refractivity contribution in [1.82, 2.24) is 5.32 Å². The van der Waals surface area contributed by atoms with E-state index >= 15 is 0 Å². The Kier molecular flexibility index (Phi) is 5.40. The monoisotopic (exact) mass is 367 g/mol. The summed E-state index contributed by atoms with van der Waals surface area (Å²) in [6, 6.07) is 11.3. The summed E-state index contributed by atoms with van der Waals surface area (Å²) in [6.45, 7) is 8.35. The zero-order chi connectivity index (χ0) is 19.6. The molecular weight excluding hydrogens is 342 g/mol. The van der Waals surface area contributed by atoms with Crippen LogP contribution in [0.3, 0.4) is 0 Å². The number of carbonyl (C=O) groups is 1.